The Hall–Kier alpha value is -3.04. The minimum atomic E-state index is 0.0759. The summed E-state index contributed by atoms with van der Waals surface area (Å²) in [6.45, 7) is 9.53. The monoisotopic (exact) mass is 519 g/mol. The van der Waals surface area contributed by atoms with E-state index in [0.717, 1.165) is 94.3 Å². The van der Waals surface area contributed by atoms with Crippen LogP contribution in [0.4, 0.5) is 0 Å². The Labute approximate surface area is 223 Å². The lowest BCUT2D eigenvalue weighted by Crippen LogP contribution is -2.41. The van der Waals surface area contributed by atoms with Crippen LogP contribution in [-0.2, 0) is 16.1 Å². The van der Waals surface area contributed by atoms with Gasteiger partial charge in [-0.2, -0.15) is 4.98 Å². The number of carbonyl (C=O) groups excluding carboxylic acids is 1. The fraction of sp³-hybridized carbons (Fsp3) is 0.586. The number of nitrogens with zero attached hydrogens (tertiary/aromatic N) is 5. The third kappa shape index (κ3) is 5.40. The van der Waals surface area contributed by atoms with Crippen molar-refractivity contribution in [1.29, 1.82) is 0 Å². The summed E-state index contributed by atoms with van der Waals surface area (Å²) in [5.74, 6) is 3.83. The number of hydrogen-bond acceptors (Lipinski definition) is 8. The summed E-state index contributed by atoms with van der Waals surface area (Å²) in [7, 11) is 0. The Morgan fingerprint density at radius 1 is 0.947 bits per heavy atom. The highest BCUT2D eigenvalue weighted by molar-refractivity contribution is 5.79. The van der Waals surface area contributed by atoms with Crippen LogP contribution in [0.15, 0.2) is 33.2 Å². The van der Waals surface area contributed by atoms with Gasteiger partial charge in [-0.1, -0.05) is 22.9 Å². The SMILES string of the molecule is Cc1ccc(-c2nc(CN3CCC(C(=O)N4CCC(c5nc(C6CCOCC6)no5)C4)CC3)c(C)o2)cc1. The van der Waals surface area contributed by atoms with Crippen LogP contribution >= 0.6 is 0 Å². The normalized spacial score (nSPS) is 21.8. The van der Waals surface area contributed by atoms with E-state index < -0.39 is 0 Å². The smallest absolute Gasteiger partial charge is 0.231 e. The fourth-order valence-corrected chi connectivity index (χ4v) is 5.90. The number of carbonyl (C=O) groups is 1. The van der Waals surface area contributed by atoms with Crippen LogP contribution in [-0.4, -0.2) is 70.2 Å². The maximum Gasteiger partial charge on any atom is 0.231 e. The molecule has 1 aromatic carbocycles. The lowest BCUT2D eigenvalue weighted by atomic mass is 9.95. The Balaban J connectivity index is 0.996. The first-order valence-corrected chi connectivity index (χ1v) is 14.0. The van der Waals surface area contributed by atoms with E-state index in [9.17, 15) is 4.79 Å². The molecule has 9 nitrogen and oxygen atoms in total. The number of aryl methyl sites for hydroxylation is 2. The van der Waals surface area contributed by atoms with Gasteiger partial charge in [-0.15, -0.1) is 0 Å². The number of piperidine rings is 1. The number of rotatable bonds is 6. The standard InChI is InChI=1S/C29H37N5O4/c1-19-3-5-22(6-4-19)27-30-25(20(2)37-27)18-33-12-7-23(8-13-33)29(35)34-14-9-24(17-34)28-31-26(32-38-28)21-10-15-36-16-11-21/h3-6,21,23-24H,7-18H2,1-2H3. The van der Waals surface area contributed by atoms with Crippen molar-refractivity contribution in [2.75, 3.05) is 39.4 Å². The predicted octanol–water partition coefficient (Wildman–Crippen LogP) is 4.46. The van der Waals surface area contributed by atoms with E-state index in [1.807, 2.05) is 24.0 Å². The number of hydrogen-bond donors (Lipinski definition) is 0. The third-order valence-electron chi connectivity index (χ3n) is 8.39. The van der Waals surface area contributed by atoms with Gasteiger partial charge < -0.3 is 18.6 Å². The third-order valence-corrected chi connectivity index (χ3v) is 8.39. The molecule has 0 saturated carbocycles. The van der Waals surface area contributed by atoms with E-state index in [0.29, 0.717) is 24.2 Å². The molecule has 3 saturated heterocycles. The molecule has 0 radical (unpaired) electrons. The summed E-state index contributed by atoms with van der Waals surface area (Å²) < 4.78 is 17.0. The van der Waals surface area contributed by atoms with Crippen molar-refractivity contribution < 1.29 is 18.5 Å². The van der Waals surface area contributed by atoms with Crippen LogP contribution in [0, 0.1) is 19.8 Å². The van der Waals surface area contributed by atoms with Crippen LogP contribution in [0.5, 0.6) is 0 Å². The first kappa shape index (κ1) is 25.2. The Kier molecular flexibility index (Phi) is 7.30. The highest BCUT2D eigenvalue weighted by atomic mass is 16.5. The lowest BCUT2D eigenvalue weighted by molar-refractivity contribution is -0.136. The summed E-state index contributed by atoms with van der Waals surface area (Å²) in [6, 6.07) is 8.25. The second-order valence-corrected chi connectivity index (χ2v) is 11.1. The summed E-state index contributed by atoms with van der Waals surface area (Å²) in [6.07, 6.45) is 4.51. The molecule has 2 aromatic heterocycles. The molecule has 3 aliphatic heterocycles. The molecule has 5 heterocycles. The van der Waals surface area contributed by atoms with Gasteiger partial charge in [-0.25, -0.2) is 4.98 Å². The molecule has 6 rings (SSSR count). The fourth-order valence-electron chi connectivity index (χ4n) is 5.90. The first-order chi connectivity index (χ1) is 18.5. The summed E-state index contributed by atoms with van der Waals surface area (Å²) in [5.41, 5.74) is 3.19. The average Bonchev–Trinajstić information content (AvgIpc) is 3.70. The first-order valence-electron chi connectivity index (χ1n) is 14.0. The van der Waals surface area contributed by atoms with Crippen LogP contribution < -0.4 is 0 Å². The quantitative estimate of drug-likeness (QED) is 0.471. The van der Waals surface area contributed by atoms with Crippen molar-refractivity contribution in [3.8, 4) is 11.5 Å². The summed E-state index contributed by atoms with van der Waals surface area (Å²) >= 11 is 0. The van der Waals surface area contributed by atoms with Gasteiger partial charge in [-0.05, 0) is 71.2 Å². The van der Waals surface area contributed by atoms with Crippen molar-refractivity contribution in [1.82, 2.24) is 24.9 Å². The van der Waals surface area contributed by atoms with E-state index in [1.165, 1.54) is 5.56 Å². The zero-order valence-electron chi connectivity index (χ0n) is 22.4. The molecule has 1 amide bonds. The number of likely N-dealkylation sites (tertiary alicyclic amines) is 2. The van der Waals surface area contributed by atoms with Gasteiger partial charge in [0.25, 0.3) is 0 Å². The second kappa shape index (κ2) is 11.0. The van der Waals surface area contributed by atoms with E-state index in [1.54, 1.807) is 0 Å². The Morgan fingerprint density at radius 3 is 2.47 bits per heavy atom. The predicted molar refractivity (Wildman–Crippen MR) is 140 cm³/mol. The highest BCUT2D eigenvalue weighted by Crippen LogP contribution is 2.32. The van der Waals surface area contributed by atoms with Gasteiger partial charge in [0.2, 0.25) is 17.7 Å². The lowest BCUT2D eigenvalue weighted by Gasteiger charge is -2.32. The Bertz CT molecular complexity index is 1240. The molecule has 3 aliphatic rings. The molecule has 1 atom stereocenters. The van der Waals surface area contributed by atoms with Crippen LogP contribution in [0.3, 0.4) is 0 Å². The van der Waals surface area contributed by atoms with Crippen LogP contribution in [0.1, 0.15) is 72.7 Å². The molecule has 0 aliphatic carbocycles. The van der Waals surface area contributed by atoms with Gasteiger partial charge in [0.15, 0.2) is 5.82 Å². The van der Waals surface area contributed by atoms with Crippen molar-refractivity contribution in [2.45, 2.75) is 64.3 Å². The molecule has 202 valence electrons. The molecular formula is C29H37N5O4. The number of ether oxygens (including phenoxy) is 1. The number of aromatic nitrogens is 3. The van der Waals surface area contributed by atoms with Gasteiger partial charge in [0.05, 0.1) is 11.6 Å². The van der Waals surface area contributed by atoms with Crippen molar-refractivity contribution in [2.24, 2.45) is 5.92 Å². The van der Waals surface area contributed by atoms with Crippen molar-refractivity contribution >= 4 is 5.91 Å². The summed E-state index contributed by atoms with van der Waals surface area (Å²) in [4.78, 5) is 27.2. The minimum Gasteiger partial charge on any atom is -0.441 e. The largest absolute Gasteiger partial charge is 0.441 e. The molecule has 9 heteroatoms. The van der Waals surface area contributed by atoms with Gasteiger partial charge in [0, 0.05) is 50.2 Å². The maximum absolute atomic E-state index is 13.3. The topological polar surface area (TPSA) is 97.7 Å². The zero-order valence-corrected chi connectivity index (χ0v) is 22.4. The summed E-state index contributed by atoms with van der Waals surface area (Å²) in [5, 5.41) is 4.25. The Morgan fingerprint density at radius 2 is 1.71 bits per heavy atom. The number of amides is 1. The van der Waals surface area contributed by atoms with Gasteiger partial charge >= 0.3 is 0 Å². The molecule has 3 fully saturated rings. The van der Waals surface area contributed by atoms with E-state index in [4.69, 9.17) is 23.6 Å². The second-order valence-electron chi connectivity index (χ2n) is 11.1. The van der Waals surface area contributed by atoms with Crippen LogP contribution in [0.25, 0.3) is 11.5 Å². The molecule has 3 aromatic rings. The number of benzene rings is 1. The molecule has 0 bridgehead atoms. The molecule has 1 unspecified atom stereocenters. The van der Waals surface area contributed by atoms with E-state index in [-0.39, 0.29) is 17.7 Å². The molecular weight excluding hydrogens is 482 g/mol. The van der Waals surface area contributed by atoms with E-state index in [2.05, 4.69) is 29.1 Å². The van der Waals surface area contributed by atoms with Crippen molar-refractivity contribution in [3.05, 3.63) is 53.0 Å². The maximum atomic E-state index is 13.3. The van der Waals surface area contributed by atoms with Crippen molar-refractivity contribution in [3.63, 3.8) is 0 Å². The molecule has 0 spiro atoms. The number of oxazole rings is 1. The van der Waals surface area contributed by atoms with Gasteiger partial charge in [0.1, 0.15) is 5.76 Å². The van der Waals surface area contributed by atoms with Crippen LogP contribution in [0.2, 0.25) is 0 Å². The van der Waals surface area contributed by atoms with Gasteiger partial charge in [-0.3, -0.25) is 9.69 Å². The molecule has 38 heavy (non-hydrogen) atoms. The average molecular weight is 520 g/mol. The zero-order chi connectivity index (χ0) is 26.1. The minimum absolute atomic E-state index is 0.0759. The molecule has 0 N–H and O–H groups in total. The highest BCUT2D eigenvalue weighted by Gasteiger charge is 2.36. The van der Waals surface area contributed by atoms with E-state index >= 15 is 0 Å².